The predicted octanol–water partition coefficient (Wildman–Crippen LogP) is 2.35. The highest BCUT2D eigenvalue weighted by Crippen LogP contribution is 2.02. The van der Waals surface area contributed by atoms with Crippen molar-refractivity contribution >= 4 is 5.97 Å². The molecular formula is C12H14O2. The number of hydrogen-bond acceptors (Lipinski definition) is 2. The fraction of sp³-hybridized carbons (Fsp3) is 0.250. The fourth-order valence-corrected chi connectivity index (χ4v) is 1.14. The predicted molar refractivity (Wildman–Crippen MR) is 55.9 cm³/mol. The lowest BCUT2D eigenvalue weighted by molar-refractivity contribution is -0.134. The summed E-state index contributed by atoms with van der Waals surface area (Å²) in [5.41, 5.74) is 1.28. The van der Waals surface area contributed by atoms with Gasteiger partial charge >= 0.3 is 5.97 Å². The molecule has 1 aromatic rings. The van der Waals surface area contributed by atoms with Crippen molar-refractivity contribution in [1.82, 2.24) is 0 Å². The third-order valence-electron chi connectivity index (χ3n) is 1.90. The van der Waals surface area contributed by atoms with Gasteiger partial charge in [0.15, 0.2) is 0 Å². The Morgan fingerprint density at radius 3 is 2.71 bits per heavy atom. The number of methoxy groups -OCH3 is 1. The van der Waals surface area contributed by atoms with E-state index >= 15 is 0 Å². The molecule has 2 nitrogen and oxygen atoms in total. The lowest BCUT2D eigenvalue weighted by atomic mass is 10.1. The Bertz CT molecular complexity index is 301. The molecule has 0 bridgehead atoms. The number of carbonyl (C=O) groups is 1. The molecule has 0 spiro atoms. The Hall–Kier alpha value is -1.57. The average Bonchev–Trinajstić information content (AvgIpc) is 2.25. The van der Waals surface area contributed by atoms with Crippen LogP contribution >= 0.6 is 0 Å². The molecular weight excluding hydrogens is 176 g/mol. The van der Waals surface area contributed by atoms with Gasteiger partial charge in [0.25, 0.3) is 0 Å². The minimum absolute atomic E-state index is 0.293. The van der Waals surface area contributed by atoms with Gasteiger partial charge in [-0.25, -0.2) is 4.79 Å². The monoisotopic (exact) mass is 190 g/mol. The third-order valence-corrected chi connectivity index (χ3v) is 1.90. The summed E-state index contributed by atoms with van der Waals surface area (Å²) in [6, 6.07) is 10.2. The molecule has 14 heavy (non-hydrogen) atoms. The van der Waals surface area contributed by atoms with E-state index in [-0.39, 0.29) is 5.97 Å². The average molecular weight is 190 g/mol. The number of carbonyl (C=O) groups excluding carboxylic acids is 1. The van der Waals surface area contributed by atoms with Gasteiger partial charge in [-0.1, -0.05) is 36.4 Å². The van der Waals surface area contributed by atoms with Gasteiger partial charge in [0.05, 0.1) is 7.11 Å². The molecule has 0 fully saturated rings. The molecule has 0 aromatic heterocycles. The van der Waals surface area contributed by atoms with Gasteiger partial charge in [-0.2, -0.15) is 0 Å². The summed E-state index contributed by atoms with van der Waals surface area (Å²) in [5.74, 6) is -0.293. The highest BCUT2D eigenvalue weighted by atomic mass is 16.5. The lowest BCUT2D eigenvalue weighted by Crippen LogP contribution is -1.93. The van der Waals surface area contributed by atoms with Crippen LogP contribution in [-0.4, -0.2) is 13.1 Å². The van der Waals surface area contributed by atoms with Gasteiger partial charge in [0, 0.05) is 6.08 Å². The van der Waals surface area contributed by atoms with Crippen LogP contribution in [0.25, 0.3) is 0 Å². The fourth-order valence-electron chi connectivity index (χ4n) is 1.14. The zero-order valence-electron chi connectivity index (χ0n) is 8.27. The zero-order valence-corrected chi connectivity index (χ0v) is 8.27. The van der Waals surface area contributed by atoms with E-state index in [2.05, 4.69) is 16.9 Å². The van der Waals surface area contributed by atoms with E-state index < -0.39 is 0 Å². The van der Waals surface area contributed by atoms with Crippen LogP contribution in [0.1, 0.15) is 12.0 Å². The highest BCUT2D eigenvalue weighted by molar-refractivity contribution is 5.81. The molecule has 74 valence electrons. The molecule has 0 unspecified atom stereocenters. The summed E-state index contributed by atoms with van der Waals surface area (Å²) in [6.45, 7) is 0. The summed E-state index contributed by atoms with van der Waals surface area (Å²) in [6.07, 6.45) is 5.11. The summed E-state index contributed by atoms with van der Waals surface area (Å²) >= 11 is 0. The highest BCUT2D eigenvalue weighted by Gasteiger charge is 1.91. The van der Waals surface area contributed by atoms with Crippen LogP contribution in [0.3, 0.4) is 0 Å². The van der Waals surface area contributed by atoms with Crippen LogP contribution < -0.4 is 0 Å². The number of hydrogen-bond donors (Lipinski definition) is 0. The van der Waals surface area contributed by atoms with Crippen molar-refractivity contribution < 1.29 is 9.53 Å². The molecule has 0 N–H and O–H groups in total. The molecule has 1 rings (SSSR count). The summed E-state index contributed by atoms with van der Waals surface area (Å²) in [5, 5.41) is 0. The summed E-state index contributed by atoms with van der Waals surface area (Å²) in [7, 11) is 1.38. The quantitative estimate of drug-likeness (QED) is 0.538. The smallest absolute Gasteiger partial charge is 0.330 e. The van der Waals surface area contributed by atoms with E-state index in [1.165, 1.54) is 18.7 Å². The van der Waals surface area contributed by atoms with E-state index in [1.54, 1.807) is 0 Å². The second kappa shape index (κ2) is 5.97. The first kappa shape index (κ1) is 10.5. The maximum absolute atomic E-state index is 10.7. The van der Waals surface area contributed by atoms with Gasteiger partial charge in [0.1, 0.15) is 0 Å². The van der Waals surface area contributed by atoms with Crippen LogP contribution in [-0.2, 0) is 16.0 Å². The van der Waals surface area contributed by atoms with Gasteiger partial charge in [0.2, 0.25) is 0 Å². The molecule has 0 aliphatic rings. The van der Waals surface area contributed by atoms with Crippen LogP contribution in [0.2, 0.25) is 0 Å². The molecule has 0 amide bonds. The van der Waals surface area contributed by atoms with Crippen molar-refractivity contribution in [2.45, 2.75) is 12.8 Å². The molecule has 0 atom stereocenters. The van der Waals surface area contributed by atoms with Crippen LogP contribution in [0.5, 0.6) is 0 Å². The van der Waals surface area contributed by atoms with Crippen molar-refractivity contribution in [1.29, 1.82) is 0 Å². The Labute approximate surface area is 84.2 Å². The van der Waals surface area contributed by atoms with E-state index in [0.717, 1.165) is 12.8 Å². The number of allylic oxidation sites excluding steroid dienone is 1. The first-order valence-electron chi connectivity index (χ1n) is 4.61. The van der Waals surface area contributed by atoms with E-state index in [4.69, 9.17) is 0 Å². The van der Waals surface area contributed by atoms with Crippen molar-refractivity contribution in [2.24, 2.45) is 0 Å². The topological polar surface area (TPSA) is 26.3 Å². The Kier molecular flexibility index (Phi) is 4.48. The lowest BCUT2D eigenvalue weighted by Gasteiger charge is -1.96. The second-order valence-corrected chi connectivity index (χ2v) is 2.95. The van der Waals surface area contributed by atoms with Crippen molar-refractivity contribution in [3.05, 3.63) is 48.0 Å². The second-order valence-electron chi connectivity index (χ2n) is 2.95. The van der Waals surface area contributed by atoms with Crippen molar-refractivity contribution in [3.63, 3.8) is 0 Å². The van der Waals surface area contributed by atoms with Crippen LogP contribution in [0.15, 0.2) is 42.5 Å². The Morgan fingerprint density at radius 1 is 1.36 bits per heavy atom. The Morgan fingerprint density at radius 2 is 2.07 bits per heavy atom. The number of rotatable bonds is 4. The molecule has 0 radical (unpaired) electrons. The van der Waals surface area contributed by atoms with Gasteiger partial charge in [-0.05, 0) is 18.4 Å². The van der Waals surface area contributed by atoms with Gasteiger partial charge < -0.3 is 4.74 Å². The normalized spacial score (nSPS) is 10.4. The maximum atomic E-state index is 10.7. The first-order valence-corrected chi connectivity index (χ1v) is 4.61. The van der Waals surface area contributed by atoms with Crippen LogP contribution in [0, 0.1) is 0 Å². The number of benzene rings is 1. The maximum Gasteiger partial charge on any atom is 0.330 e. The van der Waals surface area contributed by atoms with E-state index in [1.807, 2.05) is 24.3 Å². The van der Waals surface area contributed by atoms with E-state index in [0.29, 0.717) is 0 Å². The molecule has 1 aromatic carbocycles. The first-order chi connectivity index (χ1) is 6.83. The molecule has 2 heteroatoms. The summed E-state index contributed by atoms with van der Waals surface area (Å²) in [4.78, 5) is 10.7. The third kappa shape index (κ3) is 3.90. The van der Waals surface area contributed by atoms with E-state index in [9.17, 15) is 4.79 Å². The number of aryl methyl sites for hydroxylation is 1. The number of ether oxygens (including phenoxy) is 1. The SMILES string of the molecule is COC(=O)C=CCCc1ccccc1. The molecule has 0 aliphatic carbocycles. The standard InChI is InChI=1S/C12H14O2/c1-14-12(13)10-6-5-9-11-7-3-2-4-8-11/h2-4,6-8,10H,5,9H2,1H3. The van der Waals surface area contributed by atoms with Crippen molar-refractivity contribution in [3.8, 4) is 0 Å². The Balaban J connectivity index is 2.29. The molecule has 0 saturated heterocycles. The van der Waals surface area contributed by atoms with Gasteiger partial charge in [-0.3, -0.25) is 0 Å². The summed E-state index contributed by atoms with van der Waals surface area (Å²) < 4.78 is 4.48. The largest absolute Gasteiger partial charge is 0.466 e. The minimum Gasteiger partial charge on any atom is -0.466 e. The molecule has 0 aliphatic heterocycles. The minimum atomic E-state index is -0.293. The van der Waals surface area contributed by atoms with Crippen molar-refractivity contribution in [2.75, 3.05) is 7.11 Å². The van der Waals surface area contributed by atoms with Gasteiger partial charge in [-0.15, -0.1) is 0 Å². The molecule has 0 heterocycles. The number of esters is 1. The molecule has 0 saturated carbocycles. The zero-order chi connectivity index (χ0) is 10.2. The van der Waals surface area contributed by atoms with Crippen LogP contribution in [0.4, 0.5) is 0 Å².